The normalized spacial score (nSPS) is 8.17. The Balaban J connectivity index is 2.83. The summed E-state index contributed by atoms with van der Waals surface area (Å²) in [5.74, 6) is -0.198. The Morgan fingerprint density at radius 3 is 2.50 bits per heavy atom. The van der Waals surface area contributed by atoms with Gasteiger partial charge in [-0.1, -0.05) is 6.55 Å². The van der Waals surface area contributed by atoms with Crippen LogP contribution in [0.2, 0.25) is 12.6 Å². The summed E-state index contributed by atoms with van der Waals surface area (Å²) < 4.78 is 0. The topological polar surface area (TPSA) is 43.1 Å². The van der Waals surface area contributed by atoms with E-state index in [9.17, 15) is 4.79 Å². The number of hydrogen-bond acceptors (Lipinski definition) is 1. The Bertz CT molecular complexity index is 54.8. The van der Waals surface area contributed by atoms with Crippen molar-refractivity contribution in [1.82, 2.24) is 0 Å². The number of amides is 1. The molecule has 2 nitrogen and oxygen atoms in total. The molecule has 0 aliphatic rings. The lowest BCUT2D eigenvalue weighted by Gasteiger charge is -1.80. The van der Waals surface area contributed by atoms with E-state index in [4.69, 9.17) is 5.73 Å². The third kappa shape index (κ3) is 3.69. The van der Waals surface area contributed by atoms with E-state index >= 15 is 0 Å². The predicted molar refractivity (Wildman–Crippen MR) is 25.6 cm³/mol. The summed E-state index contributed by atoms with van der Waals surface area (Å²) in [5, 5.41) is 0. The summed E-state index contributed by atoms with van der Waals surface area (Å²) in [6.45, 7) is 1.95. The molecule has 0 atom stereocenters. The molecule has 1 amide bonds. The van der Waals surface area contributed by atoms with Crippen molar-refractivity contribution < 1.29 is 4.79 Å². The zero-order valence-electron chi connectivity index (χ0n) is 3.69. The van der Waals surface area contributed by atoms with Gasteiger partial charge in [0.1, 0.15) is 0 Å². The van der Waals surface area contributed by atoms with Crippen LogP contribution in [0.3, 0.4) is 0 Å². The Hall–Kier alpha value is -0.313. The predicted octanol–water partition coefficient (Wildman–Crippen LogP) is -0.358. The van der Waals surface area contributed by atoms with Crippen molar-refractivity contribution in [2.75, 3.05) is 0 Å². The first-order chi connectivity index (χ1) is 2.77. The molecule has 34 valence electrons. The third-order valence-corrected chi connectivity index (χ3v) is 1.05. The summed E-state index contributed by atoms with van der Waals surface area (Å²) in [6, 6.07) is 0.542. The van der Waals surface area contributed by atoms with Crippen LogP contribution in [0, 0.1) is 0 Å². The molecule has 0 aliphatic carbocycles. The number of rotatable bonds is 2. The second kappa shape index (κ2) is 2.90. The number of nitrogens with two attached hydrogens (primary N) is 1. The molecule has 0 unspecified atom stereocenters. The van der Waals surface area contributed by atoms with Crippen LogP contribution >= 0.6 is 0 Å². The highest BCUT2D eigenvalue weighted by Crippen LogP contribution is 1.69. The van der Waals surface area contributed by atoms with E-state index in [1.54, 1.807) is 0 Å². The van der Waals surface area contributed by atoms with E-state index in [1.165, 1.54) is 0 Å². The minimum absolute atomic E-state index is 0.198. The van der Waals surface area contributed by atoms with Gasteiger partial charge in [-0.05, 0) is 0 Å². The first kappa shape index (κ1) is 5.69. The SMILES string of the molecule is C[Si]CC(N)=O. The summed E-state index contributed by atoms with van der Waals surface area (Å²) in [6.07, 6.45) is 0. The molecular weight excluding hydrogens is 94.1 g/mol. The van der Waals surface area contributed by atoms with Crippen molar-refractivity contribution >= 4 is 15.4 Å². The fourth-order valence-corrected chi connectivity index (χ4v) is 0.523. The Labute approximate surface area is 39.5 Å². The van der Waals surface area contributed by atoms with Crippen LogP contribution in [-0.4, -0.2) is 15.4 Å². The van der Waals surface area contributed by atoms with Crippen LogP contribution in [0.25, 0.3) is 0 Å². The fourth-order valence-electron chi connectivity index (χ4n) is 0.174. The molecule has 0 aromatic rings. The Morgan fingerprint density at radius 1 is 2.00 bits per heavy atom. The van der Waals surface area contributed by atoms with Crippen LogP contribution in [0.15, 0.2) is 0 Å². The number of carbonyl (C=O) groups excluding carboxylic acids is 1. The van der Waals surface area contributed by atoms with Crippen LogP contribution in [0.5, 0.6) is 0 Å². The standard InChI is InChI=1S/C3H7NOSi/c1-6-2-3(4)5/h2H2,1H3,(H2,4,5). The van der Waals surface area contributed by atoms with Gasteiger partial charge in [0.2, 0.25) is 5.91 Å². The fraction of sp³-hybridized carbons (Fsp3) is 0.667. The maximum atomic E-state index is 9.83. The highest BCUT2D eigenvalue weighted by molar-refractivity contribution is 6.39. The van der Waals surface area contributed by atoms with Gasteiger partial charge in [-0.2, -0.15) is 0 Å². The van der Waals surface area contributed by atoms with E-state index in [-0.39, 0.29) is 5.91 Å². The van der Waals surface area contributed by atoms with Gasteiger partial charge in [0.25, 0.3) is 0 Å². The minimum atomic E-state index is -0.198. The van der Waals surface area contributed by atoms with Gasteiger partial charge in [0.05, 0.1) is 0 Å². The van der Waals surface area contributed by atoms with E-state index < -0.39 is 0 Å². The van der Waals surface area contributed by atoms with Gasteiger partial charge in [0, 0.05) is 15.6 Å². The zero-order valence-corrected chi connectivity index (χ0v) is 4.69. The number of hydrogen-bond donors (Lipinski definition) is 1. The molecule has 0 fully saturated rings. The second-order valence-corrected chi connectivity index (χ2v) is 2.06. The van der Waals surface area contributed by atoms with Crippen LogP contribution in [-0.2, 0) is 4.79 Å². The van der Waals surface area contributed by atoms with Crippen molar-refractivity contribution in [3.8, 4) is 0 Å². The second-order valence-electron chi connectivity index (χ2n) is 0.997. The lowest BCUT2D eigenvalue weighted by molar-refractivity contribution is -0.115. The smallest absolute Gasteiger partial charge is 0.214 e. The molecule has 6 heavy (non-hydrogen) atoms. The van der Waals surface area contributed by atoms with E-state index in [0.29, 0.717) is 15.6 Å². The molecule has 0 saturated heterocycles. The summed E-state index contributed by atoms with van der Waals surface area (Å²) >= 11 is 0. The molecule has 0 heterocycles. The molecule has 0 rings (SSSR count). The maximum Gasteiger partial charge on any atom is 0.214 e. The first-order valence-corrected chi connectivity index (χ1v) is 3.41. The maximum absolute atomic E-state index is 9.83. The molecule has 0 aliphatic heterocycles. The lowest BCUT2D eigenvalue weighted by Crippen LogP contribution is -2.10. The van der Waals surface area contributed by atoms with Crippen LogP contribution in [0.4, 0.5) is 0 Å². The molecular formula is C3H7NOSi. The lowest BCUT2D eigenvalue weighted by atomic mass is 10.8. The van der Waals surface area contributed by atoms with Gasteiger partial charge in [-0.15, -0.1) is 0 Å². The average Bonchev–Trinajstić information content (AvgIpc) is 1.35. The molecule has 0 saturated carbocycles. The quantitative estimate of drug-likeness (QED) is 0.474. The highest BCUT2D eigenvalue weighted by Gasteiger charge is 1.85. The summed E-state index contributed by atoms with van der Waals surface area (Å²) in [5.41, 5.74) is 4.77. The van der Waals surface area contributed by atoms with Gasteiger partial charge in [-0.3, -0.25) is 4.79 Å². The van der Waals surface area contributed by atoms with E-state index in [2.05, 4.69) is 0 Å². The van der Waals surface area contributed by atoms with Crippen LogP contribution in [0.1, 0.15) is 0 Å². The van der Waals surface area contributed by atoms with Crippen molar-refractivity contribution in [2.24, 2.45) is 5.73 Å². The van der Waals surface area contributed by atoms with Gasteiger partial charge >= 0.3 is 0 Å². The Morgan fingerprint density at radius 2 is 2.50 bits per heavy atom. The molecule has 0 bridgehead atoms. The third-order valence-electron chi connectivity index (χ3n) is 0.351. The molecule has 0 aromatic carbocycles. The van der Waals surface area contributed by atoms with Crippen LogP contribution < -0.4 is 5.73 Å². The van der Waals surface area contributed by atoms with Gasteiger partial charge in [-0.25, -0.2) is 0 Å². The van der Waals surface area contributed by atoms with Crippen molar-refractivity contribution in [3.05, 3.63) is 0 Å². The zero-order chi connectivity index (χ0) is 4.99. The first-order valence-electron chi connectivity index (χ1n) is 1.70. The summed E-state index contributed by atoms with van der Waals surface area (Å²) in [4.78, 5) is 9.83. The Kier molecular flexibility index (Phi) is 2.75. The minimum Gasteiger partial charge on any atom is -0.370 e. The van der Waals surface area contributed by atoms with Crippen molar-refractivity contribution in [1.29, 1.82) is 0 Å². The summed E-state index contributed by atoms with van der Waals surface area (Å²) in [7, 11) is 0.664. The largest absolute Gasteiger partial charge is 0.370 e. The monoisotopic (exact) mass is 101 g/mol. The average molecular weight is 101 g/mol. The number of carbonyl (C=O) groups is 1. The highest BCUT2D eigenvalue weighted by atomic mass is 28.2. The molecule has 0 aromatic heterocycles. The number of primary amides is 1. The molecule has 2 radical (unpaired) electrons. The van der Waals surface area contributed by atoms with Crippen molar-refractivity contribution in [3.63, 3.8) is 0 Å². The molecule has 3 heteroatoms. The van der Waals surface area contributed by atoms with E-state index in [1.807, 2.05) is 6.55 Å². The van der Waals surface area contributed by atoms with Gasteiger partial charge < -0.3 is 5.73 Å². The van der Waals surface area contributed by atoms with E-state index in [0.717, 1.165) is 0 Å². The van der Waals surface area contributed by atoms with Crippen molar-refractivity contribution in [2.45, 2.75) is 12.6 Å². The molecule has 0 spiro atoms. The molecule has 2 N–H and O–H groups in total. The van der Waals surface area contributed by atoms with Gasteiger partial charge in [0.15, 0.2) is 0 Å².